The number of fused-ring (bicyclic) bond motifs is 1. The maximum absolute atomic E-state index is 12.3. The average Bonchev–Trinajstić information content (AvgIpc) is 2.97. The molecule has 25 heavy (non-hydrogen) atoms. The van der Waals surface area contributed by atoms with E-state index < -0.39 is 12.1 Å². The van der Waals surface area contributed by atoms with Gasteiger partial charge in [0.25, 0.3) is 0 Å². The van der Waals surface area contributed by atoms with E-state index in [1.165, 1.54) is 30.1 Å². The molecule has 3 aromatic rings. The van der Waals surface area contributed by atoms with Gasteiger partial charge in [-0.3, -0.25) is 4.79 Å². The third kappa shape index (κ3) is 3.50. The Balaban J connectivity index is 1.93. The molecule has 0 aliphatic carbocycles. The number of amides is 1. The minimum atomic E-state index is -4.97. The second-order valence-electron chi connectivity index (χ2n) is 4.96. The van der Waals surface area contributed by atoms with Gasteiger partial charge >= 0.3 is 12.1 Å². The van der Waals surface area contributed by atoms with Crippen molar-refractivity contribution in [1.29, 1.82) is 0 Å². The van der Waals surface area contributed by atoms with Gasteiger partial charge < -0.3 is 10.1 Å². The molecular formula is C15H10ClF3N4O2. The van der Waals surface area contributed by atoms with Crippen molar-refractivity contribution in [2.45, 2.75) is 6.18 Å². The molecule has 1 N–H and O–H groups in total. The van der Waals surface area contributed by atoms with Gasteiger partial charge in [-0.2, -0.15) is 18.0 Å². The lowest BCUT2D eigenvalue weighted by atomic mass is 10.2. The monoisotopic (exact) mass is 370 g/mol. The summed E-state index contributed by atoms with van der Waals surface area (Å²) in [6.45, 7) is 0. The molecule has 0 bridgehead atoms. The van der Waals surface area contributed by atoms with Crippen LogP contribution >= 0.6 is 11.6 Å². The highest BCUT2D eigenvalue weighted by molar-refractivity contribution is 6.32. The van der Waals surface area contributed by atoms with Gasteiger partial charge in [-0.15, -0.1) is 10.2 Å². The molecule has 6 nitrogen and oxygen atoms in total. The summed E-state index contributed by atoms with van der Waals surface area (Å²) in [5, 5.41) is 10.5. The minimum absolute atomic E-state index is 0.0327. The molecule has 2 aromatic carbocycles. The number of hydrogen-bond donors (Lipinski definition) is 1. The Morgan fingerprint density at radius 1 is 1.16 bits per heavy atom. The summed E-state index contributed by atoms with van der Waals surface area (Å²) in [5.41, 5.74) is 1.27. The van der Waals surface area contributed by atoms with E-state index in [2.05, 4.69) is 10.2 Å². The number of ether oxygens (including phenoxy) is 1. The first-order valence-electron chi connectivity index (χ1n) is 6.87. The van der Waals surface area contributed by atoms with E-state index >= 15 is 0 Å². The summed E-state index contributed by atoms with van der Waals surface area (Å²) >= 11 is 6.06. The lowest BCUT2D eigenvalue weighted by molar-refractivity contribution is -0.167. The van der Waals surface area contributed by atoms with Gasteiger partial charge in [-0.05, 0) is 36.4 Å². The number of rotatable bonds is 3. The molecule has 3 rings (SSSR count). The Kier molecular flexibility index (Phi) is 4.25. The van der Waals surface area contributed by atoms with Crippen LogP contribution in [0.15, 0.2) is 36.4 Å². The third-order valence-corrected chi connectivity index (χ3v) is 3.56. The van der Waals surface area contributed by atoms with Crippen LogP contribution in [0.1, 0.15) is 0 Å². The molecule has 1 heterocycles. The van der Waals surface area contributed by atoms with E-state index in [4.69, 9.17) is 16.3 Å². The summed E-state index contributed by atoms with van der Waals surface area (Å²) in [6.07, 6.45) is -4.97. The Hall–Kier alpha value is -2.81. The average molecular weight is 371 g/mol. The fourth-order valence-corrected chi connectivity index (χ4v) is 2.34. The van der Waals surface area contributed by atoms with Crippen molar-refractivity contribution < 1.29 is 22.7 Å². The summed E-state index contributed by atoms with van der Waals surface area (Å²) in [4.78, 5) is 12.3. The highest BCUT2D eigenvalue weighted by atomic mass is 35.5. The molecule has 0 spiro atoms. The number of nitrogens with zero attached hydrogens (tertiary/aromatic N) is 3. The number of halogens is 4. The van der Waals surface area contributed by atoms with Crippen molar-refractivity contribution in [2.24, 2.45) is 0 Å². The summed E-state index contributed by atoms with van der Waals surface area (Å²) in [6, 6.07) is 8.97. The van der Waals surface area contributed by atoms with Gasteiger partial charge in [-0.25, -0.2) is 0 Å². The topological polar surface area (TPSA) is 69.0 Å². The van der Waals surface area contributed by atoms with Crippen LogP contribution in [0.5, 0.6) is 5.75 Å². The van der Waals surface area contributed by atoms with Crippen LogP contribution in [0, 0.1) is 0 Å². The van der Waals surface area contributed by atoms with Crippen LogP contribution in [-0.4, -0.2) is 34.2 Å². The van der Waals surface area contributed by atoms with Crippen LogP contribution in [0.4, 0.5) is 18.9 Å². The van der Waals surface area contributed by atoms with E-state index in [1.54, 1.807) is 23.5 Å². The number of hydrogen-bond acceptors (Lipinski definition) is 4. The van der Waals surface area contributed by atoms with E-state index in [0.29, 0.717) is 27.5 Å². The summed E-state index contributed by atoms with van der Waals surface area (Å²) < 4.78 is 42.0. The number of carbonyl (C=O) groups excluding carboxylic acids is 1. The normalized spacial score (nSPS) is 11.6. The first kappa shape index (κ1) is 17.0. The number of methoxy groups -OCH3 is 1. The van der Waals surface area contributed by atoms with Crippen molar-refractivity contribution >= 4 is 34.2 Å². The van der Waals surface area contributed by atoms with Crippen LogP contribution < -0.4 is 10.1 Å². The molecule has 0 saturated carbocycles. The molecular weight excluding hydrogens is 361 g/mol. The third-order valence-electron chi connectivity index (χ3n) is 3.26. The number of nitrogens with one attached hydrogen (secondary N) is 1. The second kappa shape index (κ2) is 6.25. The molecule has 1 aromatic heterocycles. The molecule has 10 heteroatoms. The number of aromatic nitrogens is 3. The van der Waals surface area contributed by atoms with Crippen molar-refractivity contribution in [3.05, 3.63) is 41.4 Å². The van der Waals surface area contributed by atoms with Crippen LogP contribution in [0.3, 0.4) is 0 Å². The standard InChI is InChI=1S/C15H10ClF3N4O2/c1-25-13-5-3-9(7-10(13)16)23-21-11-4-2-8(6-12(11)22-23)20-14(24)15(17,18)19/h2-7H,1H3,(H,20,24). The number of carbonyl (C=O) groups is 1. The number of anilines is 1. The van der Waals surface area contributed by atoms with Crippen molar-refractivity contribution in [3.8, 4) is 11.4 Å². The highest BCUT2D eigenvalue weighted by Crippen LogP contribution is 2.27. The lowest BCUT2D eigenvalue weighted by Crippen LogP contribution is -2.29. The summed E-state index contributed by atoms with van der Waals surface area (Å²) in [7, 11) is 1.48. The molecule has 0 aliphatic rings. The van der Waals surface area contributed by atoms with E-state index in [1.807, 2.05) is 0 Å². The molecule has 130 valence electrons. The van der Waals surface area contributed by atoms with Gasteiger partial charge in [0.1, 0.15) is 16.8 Å². The van der Waals surface area contributed by atoms with Crippen LogP contribution in [0.25, 0.3) is 16.7 Å². The Bertz CT molecular complexity index is 956. The lowest BCUT2D eigenvalue weighted by Gasteiger charge is -2.07. The molecule has 0 aliphatic heterocycles. The quantitative estimate of drug-likeness (QED) is 0.765. The smallest absolute Gasteiger partial charge is 0.471 e. The van der Waals surface area contributed by atoms with Gasteiger partial charge in [0.15, 0.2) is 0 Å². The minimum Gasteiger partial charge on any atom is -0.495 e. The molecule has 0 radical (unpaired) electrons. The number of benzene rings is 2. The second-order valence-corrected chi connectivity index (χ2v) is 5.37. The molecule has 1 amide bonds. The zero-order chi connectivity index (χ0) is 18.2. The van der Waals surface area contributed by atoms with Gasteiger partial charge in [0.05, 0.1) is 17.8 Å². The molecule has 0 fully saturated rings. The fourth-order valence-electron chi connectivity index (χ4n) is 2.09. The Labute approximate surface area is 144 Å². The Morgan fingerprint density at radius 2 is 1.88 bits per heavy atom. The fraction of sp³-hybridized carbons (Fsp3) is 0.133. The molecule has 0 atom stereocenters. The zero-order valence-electron chi connectivity index (χ0n) is 12.6. The van der Waals surface area contributed by atoms with Gasteiger partial charge in [0, 0.05) is 5.69 Å². The predicted molar refractivity (Wildman–Crippen MR) is 85.1 cm³/mol. The van der Waals surface area contributed by atoms with Crippen LogP contribution in [0.2, 0.25) is 5.02 Å². The van der Waals surface area contributed by atoms with Crippen molar-refractivity contribution in [1.82, 2.24) is 15.0 Å². The van der Waals surface area contributed by atoms with Crippen molar-refractivity contribution in [3.63, 3.8) is 0 Å². The first-order valence-corrected chi connectivity index (χ1v) is 7.25. The zero-order valence-corrected chi connectivity index (χ0v) is 13.4. The molecule has 0 saturated heterocycles. The van der Waals surface area contributed by atoms with Crippen molar-refractivity contribution in [2.75, 3.05) is 12.4 Å². The number of alkyl halides is 3. The Morgan fingerprint density at radius 3 is 2.52 bits per heavy atom. The first-order chi connectivity index (χ1) is 11.8. The predicted octanol–water partition coefficient (Wildman–Crippen LogP) is 3.58. The van der Waals surface area contributed by atoms with Crippen LogP contribution in [-0.2, 0) is 4.79 Å². The maximum Gasteiger partial charge on any atom is 0.471 e. The van der Waals surface area contributed by atoms with E-state index in [0.717, 1.165) is 0 Å². The largest absolute Gasteiger partial charge is 0.495 e. The van der Waals surface area contributed by atoms with E-state index in [-0.39, 0.29) is 5.69 Å². The highest BCUT2D eigenvalue weighted by Gasteiger charge is 2.38. The van der Waals surface area contributed by atoms with E-state index in [9.17, 15) is 18.0 Å². The van der Waals surface area contributed by atoms with Gasteiger partial charge in [0.2, 0.25) is 0 Å². The maximum atomic E-state index is 12.3. The van der Waals surface area contributed by atoms with Gasteiger partial charge in [-0.1, -0.05) is 11.6 Å². The summed E-state index contributed by atoms with van der Waals surface area (Å²) in [5.74, 6) is -1.57. The SMILES string of the molecule is COc1ccc(-n2nc3ccc(NC(=O)C(F)(F)F)cc3n2)cc1Cl. The molecule has 0 unspecified atom stereocenters.